The summed E-state index contributed by atoms with van der Waals surface area (Å²) in [6.45, 7) is 14.6. The van der Waals surface area contributed by atoms with Gasteiger partial charge in [0.15, 0.2) is 8.32 Å². The van der Waals surface area contributed by atoms with Crippen LogP contribution in [0.3, 0.4) is 0 Å². The Labute approximate surface area is 149 Å². The lowest BCUT2D eigenvalue weighted by Gasteiger charge is -2.36. The van der Waals surface area contributed by atoms with Crippen molar-refractivity contribution in [3.8, 4) is 0 Å². The van der Waals surface area contributed by atoms with Gasteiger partial charge in [0, 0.05) is 13.0 Å². The van der Waals surface area contributed by atoms with Crippen LogP contribution in [0, 0.1) is 5.92 Å². The molecule has 1 atom stereocenters. The first kappa shape index (κ1) is 21.2. The number of hydrogen-bond acceptors (Lipinski definition) is 3. The molecule has 0 heterocycles. The molecule has 0 aromatic rings. The first-order chi connectivity index (χ1) is 11.2. The Balaban J connectivity index is 2.36. The number of carbonyl (C=O) groups is 1. The van der Waals surface area contributed by atoms with Crippen molar-refractivity contribution in [2.24, 2.45) is 5.92 Å². The highest BCUT2D eigenvalue weighted by Gasteiger charge is 2.36. The highest BCUT2D eigenvalue weighted by Crippen LogP contribution is 2.37. The van der Waals surface area contributed by atoms with E-state index < -0.39 is 8.32 Å². The number of ether oxygens (including phenoxy) is 1. The second kappa shape index (κ2) is 9.57. The van der Waals surface area contributed by atoms with Gasteiger partial charge >= 0.3 is 5.97 Å². The van der Waals surface area contributed by atoms with E-state index >= 15 is 0 Å². The predicted octanol–water partition coefficient (Wildman–Crippen LogP) is 5.63. The summed E-state index contributed by atoms with van der Waals surface area (Å²) in [7, 11) is -1.64. The van der Waals surface area contributed by atoms with Crippen LogP contribution in [-0.4, -0.2) is 27.5 Å². The summed E-state index contributed by atoms with van der Waals surface area (Å²) in [6, 6.07) is 0. The topological polar surface area (TPSA) is 35.5 Å². The van der Waals surface area contributed by atoms with Crippen LogP contribution in [0.1, 0.15) is 59.8 Å². The Morgan fingerprint density at radius 2 is 2.04 bits per heavy atom. The summed E-state index contributed by atoms with van der Waals surface area (Å²) in [5, 5.41) is 0.271. The second-order valence-corrected chi connectivity index (χ2v) is 13.0. The molecule has 0 saturated carbocycles. The molecule has 0 spiro atoms. The van der Waals surface area contributed by atoms with Crippen LogP contribution in [0.2, 0.25) is 18.1 Å². The molecule has 4 heteroatoms. The van der Waals surface area contributed by atoms with Gasteiger partial charge in [-0.3, -0.25) is 4.79 Å². The quantitative estimate of drug-likeness (QED) is 0.398. The monoisotopic (exact) mass is 352 g/mol. The molecule has 3 nitrogen and oxygen atoms in total. The van der Waals surface area contributed by atoms with Gasteiger partial charge in [-0.15, -0.1) is 0 Å². The number of esters is 1. The molecule has 0 aromatic heterocycles. The molecule has 138 valence electrons. The Hall–Kier alpha value is -0.873. The summed E-state index contributed by atoms with van der Waals surface area (Å²) in [5.41, 5.74) is 1.35. The summed E-state index contributed by atoms with van der Waals surface area (Å²) < 4.78 is 11.3. The van der Waals surface area contributed by atoms with E-state index in [4.69, 9.17) is 9.16 Å². The van der Waals surface area contributed by atoms with E-state index in [0.717, 1.165) is 32.3 Å². The Morgan fingerprint density at radius 1 is 1.33 bits per heavy atom. The summed E-state index contributed by atoms with van der Waals surface area (Å²) in [4.78, 5) is 11.4. The van der Waals surface area contributed by atoms with Crippen LogP contribution in [0.15, 0.2) is 23.8 Å². The normalized spacial score (nSPS) is 18.4. The molecule has 0 aliphatic heterocycles. The fraction of sp³-hybridized carbons (Fsp3) is 0.750. The molecule has 0 radical (unpaired) electrons. The Morgan fingerprint density at radius 3 is 2.67 bits per heavy atom. The third-order valence-corrected chi connectivity index (χ3v) is 9.67. The lowest BCUT2D eigenvalue weighted by atomic mass is 9.91. The van der Waals surface area contributed by atoms with Crippen molar-refractivity contribution in [1.29, 1.82) is 0 Å². The van der Waals surface area contributed by atoms with Crippen LogP contribution in [0.5, 0.6) is 0 Å². The molecule has 1 unspecified atom stereocenters. The number of carbonyl (C=O) groups excluding carboxylic acids is 1. The van der Waals surface area contributed by atoms with E-state index in [9.17, 15) is 4.79 Å². The van der Waals surface area contributed by atoms with Crippen LogP contribution >= 0.6 is 0 Å². The van der Waals surface area contributed by atoms with E-state index in [1.54, 1.807) is 0 Å². The molecule has 1 rings (SSSR count). The number of allylic oxidation sites excluding steroid dienone is 4. The minimum Gasteiger partial charge on any atom is -0.466 e. The van der Waals surface area contributed by atoms with Crippen molar-refractivity contribution in [3.05, 3.63) is 23.8 Å². The van der Waals surface area contributed by atoms with Gasteiger partial charge in [-0.25, -0.2) is 0 Å². The smallest absolute Gasteiger partial charge is 0.305 e. The lowest BCUT2D eigenvalue weighted by molar-refractivity contribution is -0.143. The highest BCUT2D eigenvalue weighted by molar-refractivity contribution is 6.74. The zero-order valence-corrected chi connectivity index (χ0v) is 17.5. The average molecular weight is 353 g/mol. The molecule has 0 amide bonds. The van der Waals surface area contributed by atoms with Gasteiger partial charge in [0.2, 0.25) is 0 Å². The maximum absolute atomic E-state index is 11.4. The van der Waals surface area contributed by atoms with E-state index in [-0.39, 0.29) is 11.0 Å². The van der Waals surface area contributed by atoms with Crippen LogP contribution < -0.4 is 0 Å². The van der Waals surface area contributed by atoms with Crippen LogP contribution in [0.25, 0.3) is 0 Å². The summed E-state index contributed by atoms with van der Waals surface area (Å²) in [6.07, 6.45) is 11.4. The zero-order valence-electron chi connectivity index (χ0n) is 16.5. The van der Waals surface area contributed by atoms with E-state index in [1.165, 1.54) is 5.57 Å². The molecule has 0 saturated heterocycles. The minimum absolute atomic E-state index is 0.0859. The van der Waals surface area contributed by atoms with Crippen molar-refractivity contribution in [2.45, 2.75) is 77.9 Å². The molecule has 0 aromatic carbocycles. The molecular formula is C20H36O3Si. The second-order valence-electron chi connectivity index (χ2n) is 8.20. The largest absolute Gasteiger partial charge is 0.466 e. The molecule has 1 aliphatic carbocycles. The van der Waals surface area contributed by atoms with Crippen molar-refractivity contribution in [1.82, 2.24) is 0 Å². The van der Waals surface area contributed by atoms with Gasteiger partial charge < -0.3 is 9.16 Å². The first-order valence-electron chi connectivity index (χ1n) is 9.32. The third kappa shape index (κ3) is 7.35. The summed E-state index contributed by atoms with van der Waals surface area (Å²) in [5.74, 6) is 0.481. The van der Waals surface area contributed by atoms with Crippen molar-refractivity contribution >= 4 is 14.3 Å². The summed E-state index contributed by atoms with van der Waals surface area (Å²) >= 11 is 0. The van der Waals surface area contributed by atoms with Crippen molar-refractivity contribution < 1.29 is 14.0 Å². The SMILES string of the molecule is CCOC(=O)CCCC1=CC(CCO[Si](C)(C)C(C)(C)C)CC=C1. The van der Waals surface area contributed by atoms with Crippen LogP contribution in [0.4, 0.5) is 0 Å². The Bertz CT molecular complexity index is 458. The van der Waals surface area contributed by atoms with Gasteiger partial charge in [0.25, 0.3) is 0 Å². The van der Waals surface area contributed by atoms with E-state index in [0.29, 0.717) is 18.9 Å². The molecule has 1 aliphatic rings. The van der Waals surface area contributed by atoms with E-state index in [2.05, 4.69) is 52.1 Å². The molecule has 0 fully saturated rings. The first-order valence-corrected chi connectivity index (χ1v) is 12.2. The van der Waals surface area contributed by atoms with Crippen LogP contribution in [-0.2, 0) is 14.0 Å². The number of rotatable bonds is 9. The average Bonchev–Trinajstić information content (AvgIpc) is 2.46. The van der Waals surface area contributed by atoms with Gasteiger partial charge in [0.05, 0.1) is 6.61 Å². The molecule has 24 heavy (non-hydrogen) atoms. The van der Waals surface area contributed by atoms with Crippen molar-refractivity contribution in [3.63, 3.8) is 0 Å². The highest BCUT2D eigenvalue weighted by atomic mass is 28.4. The predicted molar refractivity (Wildman–Crippen MR) is 104 cm³/mol. The minimum atomic E-state index is -1.64. The molecular weight excluding hydrogens is 316 g/mol. The maximum Gasteiger partial charge on any atom is 0.305 e. The van der Waals surface area contributed by atoms with Crippen molar-refractivity contribution in [2.75, 3.05) is 13.2 Å². The number of hydrogen-bond donors (Lipinski definition) is 0. The zero-order chi connectivity index (χ0) is 18.2. The fourth-order valence-electron chi connectivity index (χ4n) is 2.54. The van der Waals surface area contributed by atoms with Gasteiger partial charge in [-0.1, -0.05) is 44.6 Å². The van der Waals surface area contributed by atoms with Gasteiger partial charge in [-0.05, 0) is 56.7 Å². The fourth-order valence-corrected chi connectivity index (χ4v) is 3.60. The molecule has 0 N–H and O–H groups in total. The van der Waals surface area contributed by atoms with Gasteiger partial charge in [0.1, 0.15) is 0 Å². The Kier molecular flexibility index (Phi) is 8.44. The van der Waals surface area contributed by atoms with E-state index in [1.807, 2.05) is 6.92 Å². The maximum atomic E-state index is 11.4. The third-order valence-electron chi connectivity index (χ3n) is 5.13. The van der Waals surface area contributed by atoms with Gasteiger partial charge in [-0.2, -0.15) is 0 Å². The molecule has 0 bridgehead atoms. The lowest BCUT2D eigenvalue weighted by Crippen LogP contribution is -2.41. The standard InChI is InChI=1S/C20H36O3Si/c1-7-22-19(21)13-9-12-17-10-8-11-18(16-17)14-15-23-24(5,6)20(2,3)4/h8,10,16,18H,7,9,11-15H2,1-6H3.